The van der Waals surface area contributed by atoms with Gasteiger partial charge in [-0.1, -0.05) is 12.1 Å². The standard InChI is InChI=1S/C26H28O14/c1-36-16-8-11(2-6-15(16)28)3-7-18(29)39-22-17(9-27)38-26(21(31)20(22)30)40-25-19-12(4-5-13(19)23(32)33)14(10-37-25)24(34)35/h2-3,5-8,10,12,17,19-22,25-28,30-31H,4,9H2,1H3,(H,32,33)(H,34,35)/t12-,17-,19+,20-,21-,22-,25+,26+/m1/s1. The smallest absolute Gasteiger partial charge is 0.335 e. The minimum absolute atomic E-state index is 0.100. The molecule has 0 aromatic heterocycles. The molecule has 1 saturated heterocycles. The lowest BCUT2D eigenvalue weighted by atomic mass is 9.83. The number of aromatic hydroxyl groups is 1. The molecule has 0 bridgehead atoms. The Morgan fingerprint density at radius 3 is 2.45 bits per heavy atom. The van der Waals surface area contributed by atoms with E-state index in [9.17, 15) is 45.0 Å². The third-order valence-electron chi connectivity index (χ3n) is 6.86. The van der Waals surface area contributed by atoms with Crippen molar-refractivity contribution in [1.82, 2.24) is 0 Å². The van der Waals surface area contributed by atoms with Crippen LogP contribution in [0.3, 0.4) is 0 Å². The molecule has 1 aliphatic carbocycles. The largest absolute Gasteiger partial charge is 0.504 e. The molecule has 8 atom stereocenters. The topological polar surface area (TPSA) is 219 Å². The predicted octanol–water partition coefficient (Wildman–Crippen LogP) is -0.247. The Balaban J connectivity index is 1.45. The lowest BCUT2D eigenvalue weighted by Gasteiger charge is -2.43. The number of aliphatic hydroxyl groups excluding tert-OH is 3. The van der Waals surface area contributed by atoms with Gasteiger partial charge in [0.15, 0.2) is 23.9 Å². The average molecular weight is 564 g/mol. The number of allylic oxidation sites excluding steroid dienone is 1. The number of phenolic OH excluding ortho intramolecular Hbond substituents is 1. The van der Waals surface area contributed by atoms with E-state index in [0.29, 0.717) is 5.56 Å². The molecular formula is C26H28O14. The van der Waals surface area contributed by atoms with E-state index in [1.54, 1.807) is 0 Å². The highest BCUT2D eigenvalue weighted by atomic mass is 16.8. The first-order valence-electron chi connectivity index (χ1n) is 12.1. The molecule has 1 aromatic rings. The molecule has 14 nitrogen and oxygen atoms in total. The Labute approximate surface area is 226 Å². The Hall–Kier alpha value is -3.95. The van der Waals surface area contributed by atoms with Crippen LogP contribution in [0.15, 0.2) is 47.8 Å². The molecule has 0 spiro atoms. The molecule has 4 rings (SSSR count). The minimum Gasteiger partial charge on any atom is -0.504 e. The maximum absolute atomic E-state index is 12.4. The van der Waals surface area contributed by atoms with Gasteiger partial charge in [0.2, 0.25) is 6.29 Å². The molecule has 2 aliphatic heterocycles. The van der Waals surface area contributed by atoms with E-state index in [1.165, 1.54) is 37.5 Å². The number of carbonyl (C=O) groups is 3. The Morgan fingerprint density at radius 1 is 1.07 bits per heavy atom. The van der Waals surface area contributed by atoms with E-state index in [1.807, 2.05) is 0 Å². The molecule has 14 heteroatoms. The van der Waals surface area contributed by atoms with Gasteiger partial charge in [-0.15, -0.1) is 0 Å². The van der Waals surface area contributed by atoms with Crippen LogP contribution in [0.25, 0.3) is 6.08 Å². The van der Waals surface area contributed by atoms with E-state index < -0.39 is 73.3 Å². The normalized spacial score (nSPS) is 31.5. The summed E-state index contributed by atoms with van der Waals surface area (Å²) in [7, 11) is 1.36. The van der Waals surface area contributed by atoms with Crippen molar-refractivity contribution in [3.05, 3.63) is 53.3 Å². The summed E-state index contributed by atoms with van der Waals surface area (Å²) < 4.78 is 26.8. The van der Waals surface area contributed by atoms with Crippen LogP contribution in [0.4, 0.5) is 0 Å². The van der Waals surface area contributed by atoms with Crippen molar-refractivity contribution in [3.8, 4) is 11.5 Å². The highest BCUT2D eigenvalue weighted by Crippen LogP contribution is 2.44. The Morgan fingerprint density at radius 2 is 1.80 bits per heavy atom. The predicted molar refractivity (Wildman–Crippen MR) is 130 cm³/mol. The van der Waals surface area contributed by atoms with Gasteiger partial charge in [-0.3, -0.25) is 0 Å². The van der Waals surface area contributed by atoms with Gasteiger partial charge in [-0.2, -0.15) is 0 Å². The summed E-state index contributed by atoms with van der Waals surface area (Å²) in [5.74, 6) is -5.31. The van der Waals surface area contributed by atoms with Crippen molar-refractivity contribution in [3.63, 3.8) is 0 Å². The summed E-state index contributed by atoms with van der Waals surface area (Å²) in [6.07, 6.45) is -4.83. The van der Waals surface area contributed by atoms with Gasteiger partial charge < -0.3 is 54.3 Å². The second-order valence-electron chi connectivity index (χ2n) is 9.22. The maximum Gasteiger partial charge on any atom is 0.335 e. The van der Waals surface area contributed by atoms with Crippen molar-refractivity contribution < 1.29 is 68.7 Å². The molecular weight excluding hydrogens is 536 g/mol. The van der Waals surface area contributed by atoms with Gasteiger partial charge in [0, 0.05) is 17.6 Å². The summed E-state index contributed by atoms with van der Waals surface area (Å²) in [4.78, 5) is 35.8. The number of hydrogen-bond donors (Lipinski definition) is 6. The van der Waals surface area contributed by atoms with Crippen molar-refractivity contribution in [1.29, 1.82) is 0 Å². The number of carboxylic acid groups (broad SMARTS) is 2. The quantitative estimate of drug-likeness (QED) is 0.168. The minimum atomic E-state index is -1.84. The molecule has 2 heterocycles. The Kier molecular flexibility index (Phi) is 8.76. The highest BCUT2D eigenvalue weighted by molar-refractivity contribution is 5.91. The van der Waals surface area contributed by atoms with E-state index in [2.05, 4.69) is 0 Å². The van der Waals surface area contributed by atoms with E-state index in [-0.39, 0.29) is 29.1 Å². The maximum atomic E-state index is 12.4. The average Bonchev–Trinajstić information content (AvgIpc) is 3.38. The van der Waals surface area contributed by atoms with Crippen LogP contribution in [0.2, 0.25) is 0 Å². The zero-order valence-electron chi connectivity index (χ0n) is 21.0. The lowest BCUT2D eigenvalue weighted by Crippen LogP contribution is -2.61. The van der Waals surface area contributed by atoms with E-state index >= 15 is 0 Å². The molecule has 1 aromatic carbocycles. The fourth-order valence-corrected chi connectivity index (χ4v) is 4.86. The molecule has 216 valence electrons. The fourth-order valence-electron chi connectivity index (χ4n) is 4.86. The summed E-state index contributed by atoms with van der Waals surface area (Å²) in [5, 5.41) is 59.9. The van der Waals surface area contributed by atoms with Gasteiger partial charge in [0.05, 0.1) is 31.5 Å². The third-order valence-corrected chi connectivity index (χ3v) is 6.86. The van der Waals surface area contributed by atoms with Crippen LogP contribution >= 0.6 is 0 Å². The van der Waals surface area contributed by atoms with Crippen LogP contribution in [-0.4, -0.2) is 99.3 Å². The molecule has 0 amide bonds. The number of esters is 1. The molecule has 3 aliphatic rings. The van der Waals surface area contributed by atoms with Crippen LogP contribution < -0.4 is 4.74 Å². The second-order valence-corrected chi connectivity index (χ2v) is 9.22. The van der Waals surface area contributed by atoms with Gasteiger partial charge in [0.25, 0.3) is 0 Å². The third kappa shape index (κ3) is 5.80. The summed E-state index contributed by atoms with van der Waals surface area (Å²) in [6.45, 7) is -0.763. The molecule has 0 saturated carbocycles. The summed E-state index contributed by atoms with van der Waals surface area (Å²) in [6, 6.07) is 4.32. The number of rotatable bonds is 9. The zero-order chi connectivity index (χ0) is 29.1. The van der Waals surface area contributed by atoms with Gasteiger partial charge in [0.1, 0.15) is 18.3 Å². The van der Waals surface area contributed by atoms with Gasteiger partial charge >= 0.3 is 17.9 Å². The van der Waals surface area contributed by atoms with Crippen LogP contribution in [0.5, 0.6) is 11.5 Å². The van der Waals surface area contributed by atoms with Crippen LogP contribution in [0, 0.1) is 11.8 Å². The lowest BCUT2D eigenvalue weighted by molar-refractivity contribution is -0.340. The number of aliphatic carboxylic acids is 2. The number of ether oxygens (including phenoxy) is 5. The zero-order valence-corrected chi connectivity index (χ0v) is 21.0. The fraction of sp³-hybridized carbons (Fsp3) is 0.423. The highest BCUT2D eigenvalue weighted by Gasteiger charge is 2.52. The van der Waals surface area contributed by atoms with Crippen molar-refractivity contribution in [2.75, 3.05) is 13.7 Å². The molecule has 1 fully saturated rings. The molecule has 0 unspecified atom stereocenters. The number of aliphatic hydroxyl groups is 3. The van der Waals surface area contributed by atoms with Crippen molar-refractivity contribution in [2.24, 2.45) is 11.8 Å². The summed E-state index contributed by atoms with van der Waals surface area (Å²) >= 11 is 0. The van der Waals surface area contributed by atoms with E-state index in [0.717, 1.165) is 12.3 Å². The summed E-state index contributed by atoms with van der Waals surface area (Å²) in [5.41, 5.74) is 0.185. The SMILES string of the molecule is COc1cc(C=CC(=O)O[C@H]2[C@H](O)[C@@H](O)[C@H](O[C@@H]3OC=C(C(=O)O)[C@H]4CC=C(C(=O)O)[C@@H]34)O[C@@H]2CO)ccc1O. The molecule has 0 radical (unpaired) electrons. The first-order chi connectivity index (χ1) is 19.0. The van der Waals surface area contributed by atoms with Crippen molar-refractivity contribution in [2.45, 2.75) is 43.4 Å². The monoisotopic (exact) mass is 564 g/mol. The number of methoxy groups -OCH3 is 1. The van der Waals surface area contributed by atoms with Crippen molar-refractivity contribution >= 4 is 24.0 Å². The first-order valence-corrected chi connectivity index (χ1v) is 12.1. The number of phenols is 1. The number of benzene rings is 1. The van der Waals surface area contributed by atoms with Crippen LogP contribution in [0.1, 0.15) is 12.0 Å². The number of fused-ring (bicyclic) bond motifs is 1. The number of hydrogen-bond acceptors (Lipinski definition) is 12. The van der Waals surface area contributed by atoms with Gasteiger partial charge in [-0.05, 0) is 30.2 Å². The van der Waals surface area contributed by atoms with Gasteiger partial charge in [-0.25, -0.2) is 14.4 Å². The number of carboxylic acids is 2. The van der Waals surface area contributed by atoms with E-state index in [4.69, 9.17) is 23.7 Å². The molecule has 6 N–H and O–H groups in total. The molecule has 40 heavy (non-hydrogen) atoms. The second kappa shape index (κ2) is 12.1. The number of carbonyl (C=O) groups excluding carboxylic acids is 1. The van der Waals surface area contributed by atoms with Crippen LogP contribution in [-0.2, 0) is 33.3 Å². The first kappa shape index (κ1) is 29.0. The Bertz CT molecular complexity index is 1230.